The van der Waals surface area contributed by atoms with Crippen molar-refractivity contribution < 1.29 is 0 Å². The lowest BCUT2D eigenvalue weighted by molar-refractivity contribution is 0.808. The molecule has 0 saturated heterocycles. The lowest BCUT2D eigenvalue weighted by atomic mass is 10.1. The number of H-pyrrole nitrogens is 1. The van der Waals surface area contributed by atoms with Crippen LogP contribution < -0.4 is 0 Å². The quantitative estimate of drug-likeness (QED) is 0.607. The van der Waals surface area contributed by atoms with Crippen LogP contribution in [0.2, 0.25) is 0 Å². The van der Waals surface area contributed by atoms with Gasteiger partial charge in [-0.2, -0.15) is 0 Å². The minimum Gasteiger partial charge on any atom is -0.344 e. The van der Waals surface area contributed by atoms with Crippen molar-refractivity contribution in [1.29, 1.82) is 0 Å². The second-order valence-electron chi connectivity index (χ2n) is 6.31. The molecule has 124 valence electrons. The van der Waals surface area contributed by atoms with Gasteiger partial charge >= 0.3 is 0 Å². The van der Waals surface area contributed by atoms with Crippen molar-refractivity contribution in [3.8, 4) is 0 Å². The number of imidazole rings is 2. The van der Waals surface area contributed by atoms with Gasteiger partial charge in [-0.1, -0.05) is 27.7 Å². The van der Waals surface area contributed by atoms with Gasteiger partial charge in [0.25, 0.3) is 0 Å². The highest BCUT2D eigenvalue weighted by molar-refractivity contribution is 5.76. The van der Waals surface area contributed by atoms with E-state index in [2.05, 4.69) is 52.6 Å². The molecular formula is C18H22N6. The van der Waals surface area contributed by atoms with E-state index >= 15 is 0 Å². The molecule has 4 heterocycles. The van der Waals surface area contributed by atoms with Crippen LogP contribution in [-0.4, -0.2) is 29.3 Å². The Hall–Kier alpha value is -2.76. The molecule has 0 aliphatic heterocycles. The van der Waals surface area contributed by atoms with Crippen LogP contribution in [0.25, 0.3) is 16.7 Å². The zero-order valence-electron chi connectivity index (χ0n) is 14.4. The second-order valence-corrected chi connectivity index (χ2v) is 6.31. The molecule has 0 spiro atoms. The Morgan fingerprint density at radius 2 is 1.79 bits per heavy atom. The number of nitrogens with one attached hydrogen (secondary N) is 1. The van der Waals surface area contributed by atoms with Crippen LogP contribution in [0.1, 0.15) is 50.9 Å². The molecule has 0 aliphatic carbocycles. The molecule has 6 heteroatoms. The molecule has 0 aliphatic rings. The number of aromatic amines is 1. The summed E-state index contributed by atoms with van der Waals surface area (Å²) >= 11 is 0. The zero-order valence-corrected chi connectivity index (χ0v) is 14.4. The van der Waals surface area contributed by atoms with E-state index in [0.717, 1.165) is 28.1 Å². The maximum absolute atomic E-state index is 4.30. The maximum atomic E-state index is 4.30. The SMILES string of the molecule is CC(C)c1cn2ccnc2cn1.CC(C)c1nccc2[nH]cnc12. The van der Waals surface area contributed by atoms with Gasteiger partial charge in [-0.15, -0.1) is 0 Å². The highest BCUT2D eigenvalue weighted by Gasteiger charge is 2.07. The maximum Gasteiger partial charge on any atom is 0.155 e. The molecule has 4 rings (SSSR count). The first-order valence-corrected chi connectivity index (χ1v) is 8.13. The van der Waals surface area contributed by atoms with Gasteiger partial charge in [-0.05, 0) is 17.9 Å². The van der Waals surface area contributed by atoms with Crippen LogP contribution in [0.5, 0.6) is 0 Å². The Kier molecular flexibility index (Phi) is 4.55. The summed E-state index contributed by atoms with van der Waals surface area (Å²) in [7, 11) is 0. The highest BCUT2D eigenvalue weighted by atomic mass is 15.0. The molecule has 0 bridgehead atoms. The first kappa shape index (κ1) is 16.1. The summed E-state index contributed by atoms with van der Waals surface area (Å²) in [5.74, 6) is 0.897. The van der Waals surface area contributed by atoms with E-state index in [1.165, 1.54) is 0 Å². The van der Waals surface area contributed by atoms with E-state index in [0.29, 0.717) is 11.8 Å². The van der Waals surface area contributed by atoms with Crippen LogP contribution in [0.4, 0.5) is 0 Å². The normalized spacial score (nSPS) is 11.2. The zero-order chi connectivity index (χ0) is 17.1. The van der Waals surface area contributed by atoms with Gasteiger partial charge in [0.15, 0.2) is 5.65 Å². The van der Waals surface area contributed by atoms with E-state index in [1.807, 2.05) is 29.1 Å². The molecule has 0 radical (unpaired) electrons. The summed E-state index contributed by atoms with van der Waals surface area (Å²) in [5.41, 5.74) is 5.12. The summed E-state index contributed by atoms with van der Waals surface area (Å²) in [4.78, 5) is 20.0. The molecule has 4 aromatic rings. The van der Waals surface area contributed by atoms with Gasteiger partial charge in [-0.25, -0.2) is 9.97 Å². The number of fused-ring (bicyclic) bond motifs is 2. The van der Waals surface area contributed by atoms with Gasteiger partial charge in [0.05, 0.1) is 29.4 Å². The summed E-state index contributed by atoms with van der Waals surface area (Å²) in [6.07, 6.45) is 11.1. The standard InChI is InChI=1S/2C9H11N3/c1-7(2)8-6-12-4-3-10-9(12)5-11-8;1-6(2)8-9-7(3-4-10-8)11-5-12-9/h3-7H,1-2H3;3-6H,1-2H3,(H,11,12). The van der Waals surface area contributed by atoms with Crippen molar-refractivity contribution in [3.63, 3.8) is 0 Å². The fraction of sp³-hybridized carbons (Fsp3) is 0.333. The van der Waals surface area contributed by atoms with Crippen LogP contribution in [-0.2, 0) is 0 Å². The monoisotopic (exact) mass is 322 g/mol. The van der Waals surface area contributed by atoms with E-state index in [1.54, 1.807) is 18.7 Å². The third-order valence-electron chi connectivity index (χ3n) is 3.80. The first-order valence-electron chi connectivity index (χ1n) is 8.13. The van der Waals surface area contributed by atoms with Gasteiger partial charge in [0.1, 0.15) is 5.52 Å². The van der Waals surface area contributed by atoms with Crippen LogP contribution >= 0.6 is 0 Å². The average molecular weight is 322 g/mol. The van der Waals surface area contributed by atoms with E-state index in [9.17, 15) is 0 Å². The van der Waals surface area contributed by atoms with Crippen LogP contribution in [0.3, 0.4) is 0 Å². The molecule has 4 aromatic heterocycles. The largest absolute Gasteiger partial charge is 0.344 e. The van der Waals surface area contributed by atoms with Crippen molar-refractivity contribution in [3.05, 3.63) is 54.8 Å². The van der Waals surface area contributed by atoms with Gasteiger partial charge in [-0.3, -0.25) is 9.97 Å². The molecule has 0 saturated carbocycles. The fourth-order valence-corrected chi connectivity index (χ4v) is 2.45. The second kappa shape index (κ2) is 6.78. The number of pyridine rings is 1. The van der Waals surface area contributed by atoms with Crippen molar-refractivity contribution >= 4 is 16.7 Å². The van der Waals surface area contributed by atoms with Crippen LogP contribution in [0, 0.1) is 0 Å². The predicted molar refractivity (Wildman–Crippen MR) is 95.1 cm³/mol. The smallest absolute Gasteiger partial charge is 0.155 e. The lowest BCUT2D eigenvalue weighted by Gasteiger charge is -2.03. The van der Waals surface area contributed by atoms with Crippen molar-refractivity contribution in [2.45, 2.75) is 39.5 Å². The minimum atomic E-state index is 0.428. The average Bonchev–Trinajstić information content (AvgIpc) is 3.22. The molecule has 1 N–H and O–H groups in total. The highest BCUT2D eigenvalue weighted by Crippen LogP contribution is 2.19. The molecular weight excluding hydrogens is 300 g/mol. The third kappa shape index (κ3) is 3.27. The fourth-order valence-electron chi connectivity index (χ4n) is 2.45. The number of hydrogen-bond donors (Lipinski definition) is 1. The number of hydrogen-bond acceptors (Lipinski definition) is 4. The molecule has 0 amide bonds. The van der Waals surface area contributed by atoms with Gasteiger partial charge in [0.2, 0.25) is 0 Å². The molecule has 0 aromatic carbocycles. The predicted octanol–water partition coefficient (Wildman–Crippen LogP) is 3.93. The number of aromatic nitrogens is 6. The van der Waals surface area contributed by atoms with E-state index < -0.39 is 0 Å². The minimum absolute atomic E-state index is 0.428. The summed E-state index contributed by atoms with van der Waals surface area (Å²) < 4.78 is 1.99. The van der Waals surface area contributed by atoms with Crippen molar-refractivity contribution in [2.24, 2.45) is 0 Å². The van der Waals surface area contributed by atoms with Crippen molar-refractivity contribution in [2.75, 3.05) is 0 Å². The Labute approximate surface area is 141 Å². The molecule has 6 nitrogen and oxygen atoms in total. The van der Waals surface area contributed by atoms with E-state index in [4.69, 9.17) is 0 Å². The molecule has 24 heavy (non-hydrogen) atoms. The topological polar surface area (TPSA) is 71.8 Å². The molecule has 0 atom stereocenters. The Bertz CT molecular complexity index is 934. The first-order chi connectivity index (χ1) is 11.6. The summed E-state index contributed by atoms with van der Waals surface area (Å²) in [5, 5.41) is 0. The Balaban J connectivity index is 0.000000141. The summed E-state index contributed by atoms with van der Waals surface area (Å²) in [6, 6.07) is 1.94. The number of nitrogens with zero attached hydrogens (tertiary/aromatic N) is 5. The Morgan fingerprint density at radius 1 is 0.958 bits per heavy atom. The van der Waals surface area contributed by atoms with Gasteiger partial charge in [0, 0.05) is 24.8 Å². The Morgan fingerprint density at radius 3 is 2.54 bits per heavy atom. The number of rotatable bonds is 2. The summed E-state index contributed by atoms with van der Waals surface area (Å²) in [6.45, 7) is 8.50. The van der Waals surface area contributed by atoms with E-state index in [-0.39, 0.29) is 0 Å². The molecule has 0 fully saturated rings. The lowest BCUT2D eigenvalue weighted by Crippen LogP contribution is -1.95. The molecule has 0 unspecified atom stereocenters. The van der Waals surface area contributed by atoms with Gasteiger partial charge < -0.3 is 9.38 Å². The van der Waals surface area contributed by atoms with Crippen LogP contribution in [0.15, 0.2) is 43.4 Å². The van der Waals surface area contributed by atoms with Crippen molar-refractivity contribution in [1.82, 2.24) is 29.3 Å². The third-order valence-corrected chi connectivity index (χ3v) is 3.80.